The Morgan fingerprint density at radius 1 is 1.33 bits per heavy atom. The zero-order valence-electron chi connectivity index (χ0n) is 9.94. The van der Waals surface area contributed by atoms with Crippen LogP contribution in [0.1, 0.15) is 29.7 Å². The molecule has 2 amide bonds. The second-order valence-corrected chi connectivity index (χ2v) is 4.99. The summed E-state index contributed by atoms with van der Waals surface area (Å²) in [5, 5.41) is 1.91. The van der Waals surface area contributed by atoms with E-state index in [9.17, 15) is 9.59 Å². The number of imide groups is 1. The Balaban J connectivity index is 2.15. The third-order valence-corrected chi connectivity index (χ3v) is 3.66. The summed E-state index contributed by atoms with van der Waals surface area (Å²) in [6.45, 7) is 0.640. The highest BCUT2D eigenvalue weighted by atomic mass is 32.1. The molecule has 5 heteroatoms. The Morgan fingerprint density at radius 3 is 2.72 bits per heavy atom. The lowest BCUT2D eigenvalue weighted by Gasteiger charge is -2.24. The number of amides is 2. The number of nitrogens with zero attached hydrogens (tertiary/aromatic N) is 1. The number of hydrogen-bond acceptors (Lipinski definition) is 4. The first kappa shape index (κ1) is 12.8. The van der Waals surface area contributed by atoms with Crippen molar-refractivity contribution in [3.8, 4) is 11.8 Å². The van der Waals surface area contributed by atoms with Crippen molar-refractivity contribution in [2.24, 2.45) is 5.73 Å². The summed E-state index contributed by atoms with van der Waals surface area (Å²) in [7, 11) is 0. The van der Waals surface area contributed by atoms with Crippen molar-refractivity contribution in [3.05, 3.63) is 21.9 Å². The van der Waals surface area contributed by atoms with Gasteiger partial charge in [-0.25, -0.2) is 0 Å². The van der Waals surface area contributed by atoms with Gasteiger partial charge in [0.05, 0.1) is 13.1 Å². The average molecular weight is 262 g/mol. The highest BCUT2D eigenvalue weighted by Gasteiger charge is 2.26. The molecular formula is C13H14N2O2S. The second kappa shape index (κ2) is 5.80. The standard InChI is InChI=1S/C13H14N2O2S/c14-7-2-3-10-6-8-18-11(10)9-15-12(16)4-1-5-13(15)17/h6,8H,1,4-5,7,9,14H2. The highest BCUT2D eigenvalue weighted by Crippen LogP contribution is 2.21. The van der Waals surface area contributed by atoms with E-state index in [2.05, 4.69) is 11.8 Å². The Kier molecular flexibility index (Phi) is 4.13. The lowest BCUT2D eigenvalue weighted by atomic mass is 10.1. The van der Waals surface area contributed by atoms with E-state index < -0.39 is 0 Å². The van der Waals surface area contributed by atoms with Gasteiger partial charge in [0, 0.05) is 23.3 Å². The van der Waals surface area contributed by atoms with E-state index in [4.69, 9.17) is 5.73 Å². The van der Waals surface area contributed by atoms with Gasteiger partial charge in [0.2, 0.25) is 11.8 Å². The molecule has 0 spiro atoms. The van der Waals surface area contributed by atoms with Gasteiger partial charge in [-0.3, -0.25) is 14.5 Å². The van der Waals surface area contributed by atoms with Crippen molar-refractivity contribution in [2.45, 2.75) is 25.8 Å². The van der Waals surface area contributed by atoms with E-state index in [1.807, 2.05) is 11.4 Å². The minimum atomic E-state index is -0.0858. The molecule has 1 saturated heterocycles. The molecule has 1 aliphatic heterocycles. The summed E-state index contributed by atoms with van der Waals surface area (Å²) in [6, 6.07) is 1.89. The molecule has 0 bridgehead atoms. The van der Waals surface area contributed by atoms with E-state index in [-0.39, 0.29) is 11.8 Å². The quantitative estimate of drug-likeness (QED) is 0.641. The fourth-order valence-corrected chi connectivity index (χ4v) is 2.66. The molecular weight excluding hydrogens is 248 g/mol. The monoisotopic (exact) mass is 262 g/mol. The molecule has 0 unspecified atom stereocenters. The van der Waals surface area contributed by atoms with Gasteiger partial charge in [0.25, 0.3) is 0 Å². The zero-order valence-corrected chi connectivity index (χ0v) is 10.8. The van der Waals surface area contributed by atoms with Crippen LogP contribution in [0.15, 0.2) is 11.4 Å². The maximum Gasteiger partial charge on any atom is 0.229 e. The summed E-state index contributed by atoms with van der Waals surface area (Å²) < 4.78 is 0. The molecule has 0 aliphatic carbocycles. The fraction of sp³-hybridized carbons (Fsp3) is 0.385. The topological polar surface area (TPSA) is 63.4 Å². The van der Waals surface area contributed by atoms with E-state index in [0.29, 0.717) is 32.4 Å². The first-order chi connectivity index (χ1) is 8.72. The fourth-order valence-electron chi connectivity index (χ4n) is 1.84. The minimum Gasteiger partial charge on any atom is -0.320 e. The number of nitrogens with two attached hydrogens (primary N) is 1. The van der Waals surface area contributed by atoms with Gasteiger partial charge in [0.15, 0.2) is 0 Å². The number of carbonyl (C=O) groups is 2. The molecule has 94 valence electrons. The lowest BCUT2D eigenvalue weighted by molar-refractivity contribution is -0.148. The molecule has 0 atom stereocenters. The van der Waals surface area contributed by atoms with E-state index in [1.165, 1.54) is 16.2 Å². The van der Waals surface area contributed by atoms with Crippen LogP contribution in [0.4, 0.5) is 0 Å². The predicted octanol–water partition coefficient (Wildman–Crippen LogP) is 1.10. The van der Waals surface area contributed by atoms with Crippen molar-refractivity contribution >= 4 is 23.2 Å². The van der Waals surface area contributed by atoms with Gasteiger partial charge in [-0.05, 0) is 17.9 Å². The van der Waals surface area contributed by atoms with Crippen LogP contribution < -0.4 is 5.73 Å². The van der Waals surface area contributed by atoms with Gasteiger partial charge in [0.1, 0.15) is 0 Å². The molecule has 1 fully saturated rings. The van der Waals surface area contributed by atoms with Crippen LogP contribution in [0.5, 0.6) is 0 Å². The number of hydrogen-bond donors (Lipinski definition) is 1. The number of thiophene rings is 1. The molecule has 2 N–H and O–H groups in total. The molecule has 18 heavy (non-hydrogen) atoms. The summed E-state index contributed by atoms with van der Waals surface area (Å²) in [6.07, 6.45) is 1.58. The third-order valence-electron chi connectivity index (χ3n) is 2.76. The third kappa shape index (κ3) is 2.78. The Morgan fingerprint density at radius 2 is 2.06 bits per heavy atom. The van der Waals surface area contributed by atoms with Crippen LogP contribution in [-0.4, -0.2) is 23.3 Å². The van der Waals surface area contributed by atoms with Crippen molar-refractivity contribution in [2.75, 3.05) is 6.54 Å². The van der Waals surface area contributed by atoms with Gasteiger partial charge < -0.3 is 5.73 Å². The molecule has 2 heterocycles. The zero-order chi connectivity index (χ0) is 13.0. The SMILES string of the molecule is NCC#Cc1ccsc1CN1C(=O)CCCC1=O. The highest BCUT2D eigenvalue weighted by molar-refractivity contribution is 7.10. The largest absolute Gasteiger partial charge is 0.320 e. The molecule has 1 aliphatic rings. The van der Waals surface area contributed by atoms with E-state index >= 15 is 0 Å². The van der Waals surface area contributed by atoms with Gasteiger partial charge in [-0.1, -0.05) is 11.8 Å². The first-order valence-electron chi connectivity index (χ1n) is 5.81. The number of likely N-dealkylation sites (tertiary alicyclic amines) is 1. The number of rotatable bonds is 2. The van der Waals surface area contributed by atoms with Crippen LogP contribution >= 0.6 is 11.3 Å². The second-order valence-electron chi connectivity index (χ2n) is 3.99. The van der Waals surface area contributed by atoms with Gasteiger partial charge in [-0.15, -0.1) is 11.3 Å². The summed E-state index contributed by atoms with van der Waals surface area (Å²) >= 11 is 1.51. The number of piperidine rings is 1. The Bertz CT molecular complexity index is 509. The van der Waals surface area contributed by atoms with Crippen LogP contribution in [-0.2, 0) is 16.1 Å². The number of carbonyl (C=O) groups excluding carboxylic acids is 2. The maximum absolute atomic E-state index is 11.7. The van der Waals surface area contributed by atoms with Gasteiger partial charge in [-0.2, -0.15) is 0 Å². The van der Waals surface area contributed by atoms with Crippen LogP contribution in [0.3, 0.4) is 0 Å². The normalized spacial score (nSPS) is 15.5. The van der Waals surface area contributed by atoms with Crippen molar-refractivity contribution in [1.82, 2.24) is 4.90 Å². The first-order valence-corrected chi connectivity index (χ1v) is 6.69. The van der Waals surface area contributed by atoms with E-state index in [1.54, 1.807) is 0 Å². The van der Waals surface area contributed by atoms with Crippen molar-refractivity contribution in [1.29, 1.82) is 0 Å². The molecule has 2 rings (SSSR count). The average Bonchev–Trinajstić information content (AvgIpc) is 2.79. The van der Waals surface area contributed by atoms with Gasteiger partial charge >= 0.3 is 0 Å². The van der Waals surface area contributed by atoms with Crippen LogP contribution in [0, 0.1) is 11.8 Å². The smallest absolute Gasteiger partial charge is 0.229 e. The summed E-state index contributed by atoms with van der Waals surface area (Å²) in [5.74, 6) is 5.57. The predicted molar refractivity (Wildman–Crippen MR) is 69.7 cm³/mol. The molecule has 1 aromatic rings. The van der Waals surface area contributed by atoms with Crippen LogP contribution in [0.2, 0.25) is 0 Å². The summed E-state index contributed by atoms with van der Waals surface area (Å²) in [5.41, 5.74) is 6.19. The minimum absolute atomic E-state index is 0.0858. The lowest BCUT2D eigenvalue weighted by Crippen LogP contribution is -2.39. The molecule has 0 radical (unpaired) electrons. The van der Waals surface area contributed by atoms with Crippen LogP contribution in [0.25, 0.3) is 0 Å². The Hall–Kier alpha value is -1.64. The van der Waals surface area contributed by atoms with Crippen molar-refractivity contribution in [3.63, 3.8) is 0 Å². The molecule has 0 aromatic carbocycles. The Labute approximate surface area is 110 Å². The molecule has 1 aromatic heterocycles. The molecule has 0 saturated carbocycles. The maximum atomic E-state index is 11.7. The van der Waals surface area contributed by atoms with Crippen molar-refractivity contribution < 1.29 is 9.59 Å². The molecule has 4 nitrogen and oxygen atoms in total. The van der Waals surface area contributed by atoms with E-state index in [0.717, 1.165) is 10.4 Å². The summed E-state index contributed by atoms with van der Waals surface area (Å²) in [4.78, 5) is 25.7.